The zero-order chi connectivity index (χ0) is 19.4. The van der Waals surface area contributed by atoms with E-state index in [4.69, 9.17) is 4.42 Å². The van der Waals surface area contributed by atoms with Gasteiger partial charge in [0, 0.05) is 56.2 Å². The summed E-state index contributed by atoms with van der Waals surface area (Å²) in [5.74, 6) is 1.68. The highest BCUT2D eigenvalue weighted by atomic mass is 16.4. The summed E-state index contributed by atoms with van der Waals surface area (Å²) in [5, 5.41) is 8.25. The Bertz CT molecular complexity index is 793. The van der Waals surface area contributed by atoms with Gasteiger partial charge in [0.1, 0.15) is 0 Å². The topological polar surface area (TPSA) is 75.4 Å². The Labute approximate surface area is 166 Å². The Morgan fingerprint density at radius 3 is 2.86 bits per heavy atom. The van der Waals surface area contributed by atoms with Crippen LogP contribution >= 0.6 is 0 Å². The van der Waals surface area contributed by atoms with Crippen molar-refractivity contribution in [3.8, 4) is 0 Å². The number of piperidine rings is 2. The highest BCUT2D eigenvalue weighted by molar-refractivity contribution is 5.77. The van der Waals surface area contributed by atoms with Crippen molar-refractivity contribution in [3.05, 3.63) is 41.9 Å². The maximum absolute atomic E-state index is 12.5. The van der Waals surface area contributed by atoms with Gasteiger partial charge in [-0.25, -0.2) is 0 Å². The molecule has 4 heterocycles. The molecule has 1 spiro atoms. The van der Waals surface area contributed by atoms with Crippen LogP contribution in [-0.4, -0.2) is 57.1 Å². The number of aryl methyl sites for hydroxylation is 1. The molecule has 7 heteroatoms. The smallest absolute Gasteiger partial charge is 0.230 e. The molecule has 2 saturated heterocycles. The summed E-state index contributed by atoms with van der Waals surface area (Å²) < 4.78 is 5.70. The number of nitrogens with zero attached hydrogens (tertiary/aromatic N) is 5. The fourth-order valence-electron chi connectivity index (χ4n) is 4.57. The molecule has 2 aliphatic heterocycles. The van der Waals surface area contributed by atoms with Gasteiger partial charge in [-0.1, -0.05) is 13.0 Å². The zero-order valence-electron chi connectivity index (χ0n) is 16.6. The molecule has 0 unspecified atom stereocenters. The van der Waals surface area contributed by atoms with Crippen molar-refractivity contribution in [3.63, 3.8) is 0 Å². The Balaban J connectivity index is 1.37. The average Bonchev–Trinajstić information content (AvgIpc) is 3.17. The average molecular weight is 383 g/mol. The number of hydrogen-bond donors (Lipinski definition) is 0. The van der Waals surface area contributed by atoms with Gasteiger partial charge >= 0.3 is 0 Å². The van der Waals surface area contributed by atoms with Crippen LogP contribution in [-0.2, 0) is 24.2 Å². The van der Waals surface area contributed by atoms with Gasteiger partial charge in [-0.15, -0.1) is 10.2 Å². The van der Waals surface area contributed by atoms with E-state index in [2.05, 4.69) is 25.0 Å². The molecule has 150 valence electrons. The molecule has 1 atom stereocenters. The molecule has 4 rings (SSSR count). The summed E-state index contributed by atoms with van der Waals surface area (Å²) in [6.45, 7) is 6.36. The lowest BCUT2D eigenvalue weighted by molar-refractivity contribution is -0.139. The van der Waals surface area contributed by atoms with E-state index in [9.17, 15) is 4.79 Å². The maximum atomic E-state index is 12.5. The third kappa shape index (κ3) is 4.41. The van der Waals surface area contributed by atoms with Gasteiger partial charge in [0.05, 0.1) is 6.54 Å². The highest BCUT2D eigenvalue weighted by Crippen LogP contribution is 2.39. The fourth-order valence-corrected chi connectivity index (χ4v) is 4.57. The minimum absolute atomic E-state index is 0.184. The molecule has 0 N–H and O–H groups in total. The van der Waals surface area contributed by atoms with Gasteiger partial charge in [0.25, 0.3) is 0 Å². The number of aromatic nitrogens is 3. The molecular formula is C21H29N5O2. The number of likely N-dealkylation sites (tertiary alicyclic amines) is 2. The summed E-state index contributed by atoms with van der Waals surface area (Å²) in [7, 11) is 0. The normalized spacial score (nSPS) is 23.5. The first-order chi connectivity index (χ1) is 13.7. The predicted molar refractivity (Wildman–Crippen MR) is 104 cm³/mol. The molecule has 2 aromatic rings. The molecule has 7 nitrogen and oxygen atoms in total. The molecule has 2 aromatic heterocycles. The van der Waals surface area contributed by atoms with Crippen molar-refractivity contribution in [1.29, 1.82) is 0 Å². The standard InChI is InChI=1S/C21H29N5O2/c1-2-18-23-24-19(28-18)14-25-12-5-9-21(15-25)10-7-20(27)26(16-21)13-8-17-6-3-4-11-22-17/h3-4,6,11H,2,5,7-10,12-16H2,1H3/t21-/m0/s1. The lowest BCUT2D eigenvalue weighted by Gasteiger charge is -2.48. The van der Waals surface area contributed by atoms with Crippen molar-refractivity contribution in [2.45, 2.75) is 52.0 Å². The van der Waals surface area contributed by atoms with Crippen molar-refractivity contribution in [2.24, 2.45) is 5.41 Å². The fraction of sp³-hybridized carbons (Fsp3) is 0.619. The predicted octanol–water partition coefficient (Wildman–Crippen LogP) is 2.47. The molecule has 1 amide bonds. The lowest BCUT2D eigenvalue weighted by atomic mass is 9.73. The van der Waals surface area contributed by atoms with E-state index < -0.39 is 0 Å². The second kappa shape index (κ2) is 8.39. The van der Waals surface area contributed by atoms with E-state index >= 15 is 0 Å². The van der Waals surface area contributed by atoms with Crippen LogP contribution in [0.15, 0.2) is 28.8 Å². The zero-order valence-corrected chi connectivity index (χ0v) is 16.6. The van der Waals surface area contributed by atoms with Crippen molar-refractivity contribution in [2.75, 3.05) is 26.2 Å². The number of rotatable bonds is 6. The van der Waals surface area contributed by atoms with Crippen molar-refractivity contribution >= 4 is 5.91 Å². The molecule has 0 radical (unpaired) electrons. The minimum atomic E-state index is 0.184. The minimum Gasteiger partial charge on any atom is -0.424 e. The van der Waals surface area contributed by atoms with Gasteiger partial charge < -0.3 is 9.32 Å². The lowest BCUT2D eigenvalue weighted by Crippen LogP contribution is -2.54. The van der Waals surface area contributed by atoms with Gasteiger partial charge in [0.15, 0.2) is 0 Å². The van der Waals surface area contributed by atoms with Crippen LogP contribution in [0, 0.1) is 5.41 Å². The first-order valence-electron chi connectivity index (χ1n) is 10.4. The number of carbonyl (C=O) groups excluding carboxylic acids is 1. The third-order valence-corrected chi connectivity index (χ3v) is 6.02. The number of hydrogen-bond acceptors (Lipinski definition) is 6. The molecule has 2 aliphatic rings. The maximum Gasteiger partial charge on any atom is 0.230 e. The van der Waals surface area contributed by atoms with Crippen LogP contribution in [0.2, 0.25) is 0 Å². The SMILES string of the molecule is CCc1nnc(CN2CCC[C@]3(CCC(=O)N(CCc4ccccn4)C3)C2)o1. The first-order valence-corrected chi connectivity index (χ1v) is 10.4. The van der Waals surface area contributed by atoms with Gasteiger partial charge in [-0.2, -0.15) is 0 Å². The summed E-state index contributed by atoms with van der Waals surface area (Å²) >= 11 is 0. The van der Waals surface area contributed by atoms with Crippen LogP contribution in [0.1, 0.15) is 50.1 Å². The first kappa shape index (κ1) is 19.1. The van der Waals surface area contributed by atoms with Crippen LogP contribution < -0.4 is 0 Å². The summed E-state index contributed by atoms with van der Waals surface area (Å²) in [6.07, 6.45) is 7.36. The molecule has 0 saturated carbocycles. The monoisotopic (exact) mass is 383 g/mol. The Morgan fingerprint density at radius 2 is 2.07 bits per heavy atom. The number of pyridine rings is 1. The van der Waals surface area contributed by atoms with E-state index in [1.807, 2.05) is 31.3 Å². The summed E-state index contributed by atoms with van der Waals surface area (Å²) in [5.41, 5.74) is 1.23. The van der Waals surface area contributed by atoms with Crippen LogP contribution in [0.5, 0.6) is 0 Å². The van der Waals surface area contributed by atoms with E-state index in [0.29, 0.717) is 24.7 Å². The van der Waals surface area contributed by atoms with E-state index in [0.717, 1.165) is 57.6 Å². The van der Waals surface area contributed by atoms with Crippen molar-refractivity contribution in [1.82, 2.24) is 25.0 Å². The van der Waals surface area contributed by atoms with Gasteiger partial charge in [-0.05, 0) is 37.9 Å². The molecular weight excluding hydrogens is 354 g/mol. The number of carbonyl (C=O) groups is 1. The quantitative estimate of drug-likeness (QED) is 0.763. The van der Waals surface area contributed by atoms with Gasteiger partial charge in [0.2, 0.25) is 17.7 Å². The van der Waals surface area contributed by atoms with Crippen molar-refractivity contribution < 1.29 is 9.21 Å². The summed E-state index contributed by atoms with van der Waals surface area (Å²) in [4.78, 5) is 21.4. The summed E-state index contributed by atoms with van der Waals surface area (Å²) in [6, 6.07) is 5.96. The molecule has 0 bridgehead atoms. The Morgan fingerprint density at radius 1 is 1.18 bits per heavy atom. The van der Waals surface area contributed by atoms with Gasteiger partial charge in [-0.3, -0.25) is 14.7 Å². The van der Waals surface area contributed by atoms with Crippen LogP contribution in [0.4, 0.5) is 0 Å². The highest BCUT2D eigenvalue weighted by Gasteiger charge is 2.41. The van der Waals surface area contributed by atoms with Crippen LogP contribution in [0.25, 0.3) is 0 Å². The second-order valence-electron chi connectivity index (χ2n) is 8.14. The molecule has 0 aromatic carbocycles. The molecule has 28 heavy (non-hydrogen) atoms. The Hall–Kier alpha value is -2.28. The van der Waals surface area contributed by atoms with Crippen LogP contribution in [0.3, 0.4) is 0 Å². The largest absolute Gasteiger partial charge is 0.424 e. The number of amides is 1. The molecule has 2 fully saturated rings. The van der Waals surface area contributed by atoms with E-state index in [1.165, 1.54) is 6.42 Å². The Kier molecular flexibility index (Phi) is 5.71. The third-order valence-electron chi connectivity index (χ3n) is 6.02. The van der Waals surface area contributed by atoms with E-state index in [1.54, 1.807) is 0 Å². The molecule has 0 aliphatic carbocycles. The second-order valence-corrected chi connectivity index (χ2v) is 8.14. The van der Waals surface area contributed by atoms with E-state index in [-0.39, 0.29) is 11.3 Å².